The van der Waals surface area contributed by atoms with Crippen molar-refractivity contribution in [3.05, 3.63) is 54.2 Å². The standard InChI is InChI=1S/C14H12N2O4/c17-13(18)9-16-14(19)10-6-7-12(15-8-10)20-11-4-2-1-3-5-11/h1-8H,9H2,(H,16,19)(H,17,18). The molecule has 0 radical (unpaired) electrons. The third-order valence-corrected chi connectivity index (χ3v) is 2.36. The van der Waals surface area contributed by atoms with Crippen LogP contribution in [-0.4, -0.2) is 28.5 Å². The minimum atomic E-state index is -1.10. The number of carbonyl (C=O) groups is 2. The molecular weight excluding hydrogens is 260 g/mol. The summed E-state index contributed by atoms with van der Waals surface area (Å²) < 4.78 is 5.47. The number of hydrogen-bond acceptors (Lipinski definition) is 4. The summed E-state index contributed by atoms with van der Waals surface area (Å²) in [6.45, 7) is -0.429. The summed E-state index contributed by atoms with van der Waals surface area (Å²) in [6, 6.07) is 12.2. The van der Waals surface area contributed by atoms with Crippen molar-refractivity contribution < 1.29 is 19.4 Å². The summed E-state index contributed by atoms with van der Waals surface area (Å²) in [4.78, 5) is 25.9. The van der Waals surface area contributed by atoms with Crippen LogP contribution in [0.4, 0.5) is 0 Å². The molecule has 0 saturated heterocycles. The van der Waals surface area contributed by atoms with Crippen LogP contribution in [0.1, 0.15) is 10.4 Å². The number of rotatable bonds is 5. The molecule has 0 aliphatic carbocycles. The SMILES string of the molecule is O=C(O)CNC(=O)c1ccc(Oc2ccccc2)nc1. The molecule has 1 aromatic carbocycles. The van der Waals surface area contributed by atoms with Crippen LogP contribution in [0.25, 0.3) is 0 Å². The van der Waals surface area contributed by atoms with Crippen molar-refractivity contribution in [1.82, 2.24) is 10.3 Å². The molecule has 1 amide bonds. The van der Waals surface area contributed by atoms with E-state index in [2.05, 4.69) is 10.3 Å². The van der Waals surface area contributed by atoms with Gasteiger partial charge < -0.3 is 15.2 Å². The number of pyridine rings is 1. The highest BCUT2D eigenvalue weighted by atomic mass is 16.5. The number of aliphatic carboxylic acids is 1. The zero-order chi connectivity index (χ0) is 14.4. The molecule has 1 heterocycles. The van der Waals surface area contributed by atoms with Crippen LogP contribution < -0.4 is 10.1 Å². The monoisotopic (exact) mass is 272 g/mol. The van der Waals surface area contributed by atoms with Crippen molar-refractivity contribution in [1.29, 1.82) is 0 Å². The lowest BCUT2D eigenvalue weighted by molar-refractivity contribution is -0.135. The summed E-state index contributed by atoms with van der Waals surface area (Å²) in [5.74, 6) is -0.601. The maximum Gasteiger partial charge on any atom is 0.322 e. The number of carbonyl (C=O) groups excluding carboxylic acids is 1. The van der Waals surface area contributed by atoms with Gasteiger partial charge in [-0.1, -0.05) is 18.2 Å². The predicted molar refractivity (Wildman–Crippen MR) is 70.7 cm³/mol. The van der Waals surface area contributed by atoms with Crippen LogP contribution >= 0.6 is 0 Å². The second kappa shape index (κ2) is 6.33. The van der Waals surface area contributed by atoms with Gasteiger partial charge in [0.15, 0.2) is 0 Å². The number of benzene rings is 1. The third-order valence-electron chi connectivity index (χ3n) is 2.36. The van der Waals surface area contributed by atoms with Crippen molar-refractivity contribution in [3.63, 3.8) is 0 Å². The average molecular weight is 272 g/mol. The van der Waals surface area contributed by atoms with E-state index < -0.39 is 18.4 Å². The molecule has 0 fully saturated rings. The fourth-order valence-corrected chi connectivity index (χ4v) is 1.44. The molecular formula is C14H12N2O4. The Morgan fingerprint density at radius 3 is 2.50 bits per heavy atom. The van der Waals surface area contributed by atoms with Crippen LogP contribution in [0.2, 0.25) is 0 Å². The molecule has 102 valence electrons. The number of carboxylic acids is 1. The number of nitrogens with zero attached hydrogens (tertiary/aromatic N) is 1. The van der Waals surface area contributed by atoms with Crippen molar-refractivity contribution in [2.45, 2.75) is 0 Å². The van der Waals surface area contributed by atoms with Gasteiger partial charge in [0, 0.05) is 12.3 Å². The number of amides is 1. The first-order valence-corrected chi connectivity index (χ1v) is 5.84. The molecule has 0 unspecified atom stereocenters. The molecule has 0 atom stereocenters. The summed E-state index contributed by atoms with van der Waals surface area (Å²) in [6.07, 6.45) is 1.33. The lowest BCUT2D eigenvalue weighted by Gasteiger charge is -2.05. The first kappa shape index (κ1) is 13.5. The van der Waals surface area contributed by atoms with E-state index in [1.807, 2.05) is 18.2 Å². The van der Waals surface area contributed by atoms with Gasteiger partial charge in [-0.05, 0) is 18.2 Å². The second-order valence-corrected chi connectivity index (χ2v) is 3.88. The van der Waals surface area contributed by atoms with E-state index in [0.29, 0.717) is 11.6 Å². The minimum absolute atomic E-state index is 0.270. The van der Waals surface area contributed by atoms with Gasteiger partial charge in [-0.25, -0.2) is 4.98 Å². The third kappa shape index (κ3) is 3.81. The van der Waals surface area contributed by atoms with Gasteiger partial charge in [-0.15, -0.1) is 0 Å². The van der Waals surface area contributed by atoms with Gasteiger partial charge in [-0.3, -0.25) is 9.59 Å². The minimum Gasteiger partial charge on any atom is -0.480 e. The zero-order valence-corrected chi connectivity index (χ0v) is 10.4. The number of nitrogens with one attached hydrogen (secondary N) is 1. The molecule has 20 heavy (non-hydrogen) atoms. The first-order valence-electron chi connectivity index (χ1n) is 5.84. The Bertz CT molecular complexity index is 596. The van der Waals surface area contributed by atoms with Crippen LogP contribution in [0.15, 0.2) is 48.7 Å². The topological polar surface area (TPSA) is 88.5 Å². The summed E-state index contributed by atoms with van der Waals surface area (Å²) >= 11 is 0. The van der Waals surface area contributed by atoms with Gasteiger partial charge >= 0.3 is 5.97 Å². The summed E-state index contributed by atoms with van der Waals surface area (Å²) in [5, 5.41) is 10.7. The Kier molecular flexibility index (Phi) is 4.28. The number of aromatic nitrogens is 1. The maximum atomic E-state index is 11.6. The number of ether oxygens (including phenoxy) is 1. The van der Waals surface area contributed by atoms with E-state index in [4.69, 9.17) is 9.84 Å². The predicted octanol–water partition coefficient (Wildman–Crippen LogP) is 1.69. The molecule has 1 aromatic heterocycles. The van der Waals surface area contributed by atoms with E-state index >= 15 is 0 Å². The molecule has 2 aromatic rings. The average Bonchev–Trinajstić information content (AvgIpc) is 2.46. The Balaban J connectivity index is 1.99. The molecule has 0 bridgehead atoms. The van der Waals surface area contributed by atoms with Crippen molar-refractivity contribution in [2.24, 2.45) is 0 Å². The van der Waals surface area contributed by atoms with E-state index in [1.165, 1.54) is 12.3 Å². The molecule has 6 nitrogen and oxygen atoms in total. The number of carboxylic acid groups (broad SMARTS) is 1. The van der Waals surface area contributed by atoms with Crippen molar-refractivity contribution in [2.75, 3.05) is 6.54 Å². The lowest BCUT2D eigenvalue weighted by atomic mass is 10.2. The highest BCUT2D eigenvalue weighted by molar-refractivity contribution is 5.95. The van der Waals surface area contributed by atoms with E-state index in [-0.39, 0.29) is 5.56 Å². The smallest absolute Gasteiger partial charge is 0.322 e. The number of hydrogen-bond donors (Lipinski definition) is 2. The van der Waals surface area contributed by atoms with Gasteiger partial charge in [0.2, 0.25) is 5.88 Å². The Labute approximate surface area is 115 Å². The first-order chi connectivity index (χ1) is 9.65. The Morgan fingerprint density at radius 2 is 1.90 bits per heavy atom. The van der Waals surface area contributed by atoms with Gasteiger partial charge in [-0.2, -0.15) is 0 Å². The van der Waals surface area contributed by atoms with Crippen LogP contribution in [0.3, 0.4) is 0 Å². The summed E-state index contributed by atoms with van der Waals surface area (Å²) in [7, 11) is 0. The number of para-hydroxylation sites is 1. The van der Waals surface area contributed by atoms with Gasteiger partial charge in [0.05, 0.1) is 5.56 Å². The van der Waals surface area contributed by atoms with Crippen LogP contribution in [0.5, 0.6) is 11.6 Å². The maximum absolute atomic E-state index is 11.6. The van der Waals surface area contributed by atoms with E-state index in [1.54, 1.807) is 18.2 Å². The molecule has 0 spiro atoms. The molecule has 0 saturated carbocycles. The highest BCUT2D eigenvalue weighted by Crippen LogP contribution is 2.18. The fourth-order valence-electron chi connectivity index (χ4n) is 1.44. The second-order valence-electron chi connectivity index (χ2n) is 3.88. The molecule has 2 N–H and O–H groups in total. The molecule has 0 aliphatic rings. The van der Waals surface area contributed by atoms with Crippen LogP contribution in [0, 0.1) is 0 Å². The normalized spacial score (nSPS) is 9.80. The highest BCUT2D eigenvalue weighted by Gasteiger charge is 2.08. The molecule has 2 rings (SSSR count). The Morgan fingerprint density at radius 1 is 1.15 bits per heavy atom. The van der Waals surface area contributed by atoms with Gasteiger partial charge in [0.25, 0.3) is 5.91 Å². The molecule has 0 aliphatic heterocycles. The van der Waals surface area contributed by atoms with E-state index in [9.17, 15) is 9.59 Å². The van der Waals surface area contributed by atoms with E-state index in [0.717, 1.165) is 0 Å². The van der Waals surface area contributed by atoms with Crippen molar-refractivity contribution in [3.8, 4) is 11.6 Å². The van der Waals surface area contributed by atoms with Gasteiger partial charge in [0.1, 0.15) is 12.3 Å². The molecule has 6 heteroatoms. The lowest BCUT2D eigenvalue weighted by Crippen LogP contribution is -2.29. The zero-order valence-electron chi connectivity index (χ0n) is 10.4. The summed E-state index contributed by atoms with van der Waals surface area (Å²) in [5.41, 5.74) is 0.270. The largest absolute Gasteiger partial charge is 0.480 e. The van der Waals surface area contributed by atoms with Crippen molar-refractivity contribution >= 4 is 11.9 Å². The van der Waals surface area contributed by atoms with Crippen LogP contribution in [-0.2, 0) is 4.79 Å². The quantitative estimate of drug-likeness (QED) is 0.864. The Hall–Kier alpha value is -2.89. The fraction of sp³-hybridized carbons (Fsp3) is 0.0714.